The molecule has 9 heteroatoms. The Morgan fingerprint density at radius 2 is 2.16 bits per heavy atom. The summed E-state index contributed by atoms with van der Waals surface area (Å²) in [4.78, 5) is 21.0. The van der Waals surface area contributed by atoms with Crippen LogP contribution < -0.4 is 5.32 Å². The first-order valence-electron chi connectivity index (χ1n) is 8.06. The molecule has 1 saturated heterocycles. The number of carbonyl (C=O) groups is 1. The summed E-state index contributed by atoms with van der Waals surface area (Å²) in [7, 11) is -3.25. The standard InChI is InChI=1S/C16H21N5O3S/c1-12-8-14(19-15(9-12)20-7-5-17-11-20)16(22)18-13-4-3-6-21(10-13)25(2,23)24/h5,7-9,11,13H,3-4,6,10H2,1-2H3,(H,18,22)/t13-/m1/s1. The molecule has 1 fully saturated rings. The van der Waals surface area contributed by atoms with Crippen LogP contribution in [0.1, 0.15) is 28.9 Å². The molecule has 0 aliphatic carbocycles. The highest BCUT2D eigenvalue weighted by Crippen LogP contribution is 2.14. The number of hydrogen-bond donors (Lipinski definition) is 1. The third-order valence-electron chi connectivity index (χ3n) is 4.15. The highest BCUT2D eigenvalue weighted by atomic mass is 32.2. The number of aromatic nitrogens is 3. The van der Waals surface area contributed by atoms with Crippen molar-refractivity contribution in [3.05, 3.63) is 42.1 Å². The number of carbonyl (C=O) groups excluding carboxylic acids is 1. The van der Waals surface area contributed by atoms with E-state index in [1.165, 1.54) is 10.6 Å². The molecule has 2 aromatic rings. The topological polar surface area (TPSA) is 97.2 Å². The maximum Gasteiger partial charge on any atom is 0.270 e. The minimum Gasteiger partial charge on any atom is -0.347 e. The van der Waals surface area contributed by atoms with Crippen LogP contribution in [-0.4, -0.2) is 58.6 Å². The molecule has 0 unspecified atom stereocenters. The van der Waals surface area contributed by atoms with Crippen LogP contribution in [0.5, 0.6) is 0 Å². The van der Waals surface area contributed by atoms with Crippen molar-refractivity contribution >= 4 is 15.9 Å². The number of nitrogens with one attached hydrogen (secondary N) is 1. The number of piperidine rings is 1. The van der Waals surface area contributed by atoms with E-state index >= 15 is 0 Å². The normalized spacial score (nSPS) is 18.9. The van der Waals surface area contributed by atoms with Crippen LogP contribution in [0.4, 0.5) is 0 Å². The van der Waals surface area contributed by atoms with Crippen molar-refractivity contribution in [3.63, 3.8) is 0 Å². The summed E-state index contributed by atoms with van der Waals surface area (Å²) in [5.41, 5.74) is 1.21. The zero-order chi connectivity index (χ0) is 18.0. The fraction of sp³-hybridized carbons (Fsp3) is 0.438. The van der Waals surface area contributed by atoms with Crippen molar-refractivity contribution in [1.82, 2.24) is 24.2 Å². The Hall–Kier alpha value is -2.26. The Balaban J connectivity index is 1.75. The van der Waals surface area contributed by atoms with Gasteiger partial charge in [-0.2, -0.15) is 0 Å². The van der Waals surface area contributed by atoms with Crippen LogP contribution in [0.15, 0.2) is 30.9 Å². The molecule has 0 saturated carbocycles. The summed E-state index contributed by atoms with van der Waals surface area (Å²) < 4.78 is 26.5. The molecule has 2 aromatic heterocycles. The monoisotopic (exact) mass is 363 g/mol. The summed E-state index contributed by atoms with van der Waals surface area (Å²) >= 11 is 0. The van der Waals surface area contributed by atoms with Gasteiger partial charge in [0.25, 0.3) is 5.91 Å². The first-order valence-corrected chi connectivity index (χ1v) is 9.91. The van der Waals surface area contributed by atoms with Gasteiger partial charge < -0.3 is 5.32 Å². The number of hydrogen-bond acceptors (Lipinski definition) is 5. The number of rotatable bonds is 4. The maximum absolute atomic E-state index is 12.6. The van der Waals surface area contributed by atoms with Crippen LogP contribution in [0.3, 0.4) is 0 Å². The van der Waals surface area contributed by atoms with Gasteiger partial charge >= 0.3 is 0 Å². The molecular formula is C16H21N5O3S. The van der Waals surface area contributed by atoms with Crippen LogP contribution in [-0.2, 0) is 10.0 Å². The molecule has 25 heavy (non-hydrogen) atoms. The number of nitrogens with zero attached hydrogens (tertiary/aromatic N) is 4. The molecule has 1 aliphatic heterocycles. The lowest BCUT2D eigenvalue weighted by Gasteiger charge is -2.31. The lowest BCUT2D eigenvalue weighted by atomic mass is 10.1. The Labute approximate surface area is 146 Å². The molecule has 134 valence electrons. The van der Waals surface area contributed by atoms with Gasteiger partial charge in [-0.3, -0.25) is 9.36 Å². The van der Waals surface area contributed by atoms with Crippen molar-refractivity contribution in [2.45, 2.75) is 25.8 Å². The van der Waals surface area contributed by atoms with Gasteiger partial charge in [-0.1, -0.05) is 0 Å². The van der Waals surface area contributed by atoms with E-state index in [9.17, 15) is 13.2 Å². The van der Waals surface area contributed by atoms with Gasteiger partial charge in [-0.25, -0.2) is 22.7 Å². The van der Waals surface area contributed by atoms with E-state index in [4.69, 9.17) is 0 Å². The molecule has 0 radical (unpaired) electrons. The number of pyridine rings is 1. The SMILES string of the molecule is Cc1cc(C(=O)N[C@@H]2CCCN(S(C)(=O)=O)C2)nc(-n2ccnc2)c1. The van der Waals surface area contributed by atoms with E-state index in [0.717, 1.165) is 18.4 Å². The van der Waals surface area contributed by atoms with Crippen molar-refractivity contribution in [1.29, 1.82) is 0 Å². The molecule has 1 aliphatic rings. The maximum atomic E-state index is 12.6. The lowest BCUT2D eigenvalue weighted by molar-refractivity contribution is 0.0916. The lowest BCUT2D eigenvalue weighted by Crippen LogP contribution is -2.49. The zero-order valence-electron chi connectivity index (χ0n) is 14.2. The number of amides is 1. The van der Waals surface area contributed by atoms with Gasteiger partial charge in [-0.15, -0.1) is 0 Å². The predicted molar refractivity (Wildman–Crippen MR) is 93.0 cm³/mol. The molecule has 1 N–H and O–H groups in total. The number of aryl methyl sites for hydroxylation is 1. The van der Waals surface area contributed by atoms with Gasteiger partial charge in [0.2, 0.25) is 10.0 Å². The average Bonchev–Trinajstić information content (AvgIpc) is 3.08. The fourth-order valence-corrected chi connectivity index (χ4v) is 3.82. The van der Waals surface area contributed by atoms with Crippen molar-refractivity contribution in [2.24, 2.45) is 0 Å². The molecule has 0 spiro atoms. The highest BCUT2D eigenvalue weighted by Gasteiger charge is 2.27. The van der Waals surface area contributed by atoms with E-state index in [0.29, 0.717) is 24.6 Å². The summed E-state index contributed by atoms with van der Waals surface area (Å²) in [6, 6.07) is 3.37. The first-order chi connectivity index (χ1) is 11.8. The quantitative estimate of drug-likeness (QED) is 0.864. The zero-order valence-corrected chi connectivity index (χ0v) is 15.0. The molecule has 1 amide bonds. The predicted octanol–water partition coefficient (Wildman–Crippen LogP) is 0.730. The number of imidazole rings is 1. The van der Waals surface area contributed by atoms with Crippen molar-refractivity contribution in [3.8, 4) is 5.82 Å². The van der Waals surface area contributed by atoms with E-state index in [1.807, 2.05) is 13.0 Å². The summed E-state index contributed by atoms with van der Waals surface area (Å²) in [5.74, 6) is 0.314. The van der Waals surface area contributed by atoms with Gasteiger partial charge in [0, 0.05) is 31.5 Å². The highest BCUT2D eigenvalue weighted by molar-refractivity contribution is 7.88. The van der Waals surface area contributed by atoms with E-state index in [-0.39, 0.29) is 11.9 Å². The second-order valence-electron chi connectivity index (χ2n) is 6.29. The Kier molecular flexibility index (Phi) is 4.87. The van der Waals surface area contributed by atoms with E-state index in [1.54, 1.807) is 29.4 Å². The minimum atomic E-state index is -3.25. The van der Waals surface area contributed by atoms with Gasteiger partial charge in [0.15, 0.2) is 0 Å². The van der Waals surface area contributed by atoms with Crippen molar-refractivity contribution < 1.29 is 13.2 Å². The van der Waals surface area contributed by atoms with Crippen molar-refractivity contribution in [2.75, 3.05) is 19.3 Å². The summed E-state index contributed by atoms with van der Waals surface area (Å²) in [5, 5.41) is 2.90. The molecule has 3 heterocycles. The molecule has 1 atom stereocenters. The Bertz CT molecular complexity index is 864. The first kappa shape index (κ1) is 17.6. The van der Waals surface area contributed by atoms with Gasteiger partial charge in [0.05, 0.1) is 6.26 Å². The van der Waals surface area contributed by atoms with E-state index in [2.05, 4.69) is 15.3 Å². The molecule has 8 nitrogen and oxygen atoms in total. The summed E-state index contributed by atoms with van der Waals surface area (Å²) in [6.07, 6.45) is 7.68. The average molecular weight is 363 g/mol. The second-order valence-corrected chi connectivity index (χ2v) is 8.27. The smallest absolute Gasteiger partial charge is 0.270 e. The Morgan fingerprint density at radius 1 is 1.36 bits per heavy atom. The van der Waals surface area contributed by atoms with Crippen LogP contribution in [0.25, 0.3) is 5.82 Å². The molecule has 0 bridgehead atoms. The molecule has 0 aromatic carbocycles. The third-order valence-corrected chi connectivity index (χ3v) is 5.42. The second kappa shape index (κ2) is 6.93. The van der Waals surface area contributed by atoms with Crippen LogP contribution in [0, 0.1) is 6.92 Å². The summed E-state index contributed by atoms with van der Waals surface area (Å²) in [6.45, 7) is 2.69. The molecular weight excluding hydrogens is 342 g/mol. The minimum absolute atomic E-state index is 0.213. The Morgan fingerprint density at radius 3 is 2.84 bits per heavy atom. The molecule has 3 rings (SSSR count). The van der Waals surface area contributed by atoms with Crippen LogP contribution >= 0.6 is 0 Å². The third kappa shape index (κ3) is 4.23. The van der Waals surface area contributed by atoms with Gasteiger partial charge in [0.1, 0.15) is 17.8 Å². The van der Waals surface area contributed by atoms with Crippen LogP contribution in [0.2, 0.25) is 0 Å². The number of sulfonamides is 1. The fourth-order valence-electron chi connectivity index (χ4n) is 2.91. The van der Waals surface area contributed by atoms with E-state index < -0.39 is 10.0 Å². The van der Waals surface area contributed by atoms with Gasteiger partial charge in [-0.05, 0) is 37.5 Å². The largest absolute Gasteiger partial charge is 0.347 e.